The first-order chi connectivity index (χ1) is 11.8. The molecule has 2 aliphatic rings. The maximum absolute atomic E-state index is 12.9. The topological polar surface area (TPSA) is 50.5 Å². The van der Waals surface area contributed by atoms with E-state index in [1.54, 1.807) is 10.6 Å². The lowest BCUT2D eigenvalue weighted by Crippen LogP contribution is -2.40. The molecule has 0 aromatic carbocycles. The van der Waals surface area contributed by atoms with Crippen LogP contribution < -0.4 is 5.56 Å². The molecule has 5 heteroatoms. The number of hydrogen-bond acceptors (Lipinski definition) is 4. The predicted octanol–water partition coefficient (Wildman–Crippen LogP) is 2.28. The van der Waals surface area contributed by atoms with Crippen molar-refractivity contribution in [3.05, 3.63) is 64.3 Å². The molecule has 5 heterocycles. The van der Waals surface area contributed by atoms with Gasteiger partial charge in [0, 0.05) is 37.0 Å². The number of pyridine rings is 2. The number of aromatic nitrogens is 3. The Morgan fingerprint density at radius 2 is 2.17 bits per heavy atom. The van der Waals surface area contributed by atoms with Crippen LogP contribution >= 0.6 is 0 Å². The summed E-state index contributed by atoms with van der Waals surface area (Å²) in [6.07, 6.45) is 6.94. The van der Waals surface area contributed by atoms with E-state index in [0.29, 0.717) is 11.7 Å². The summed E-state index contributed by atoms with van der Waals surface area (Å²) < 4.78 is 1.67. The molecule has 0 saturated carbocycles. The lowest BCUT2D eigenvalue weighted by atomic mass is 10.00. The molecule has 1 saturated heterocycles. The first kappa shape index (κ1) is 13.9. The molecule has 2 aliphatic heterocycles. The smallest absolute Gasteiger partial charge is 0.262 e. The zero-order valence-corrected chi connectivity index (χ0v) is 13.4. The van der Waals surface area contributed by atoms with Gasteiger partial charge in [-0.2, -0.15) is 0 Å². The number of hydrogen-bond donors (Lipinski definition) is 0. The van der Waals surface area contributed by atoms with Gasteiger partial charge in [0.05, 0.1) is 17.0 Å². The van der Waals surface area contributed by atoms with Crippen molar-refractivity contribution in [3.8, 4) is 11.3 Å². The maximum atomic E-state index is 12.9. The molecule has 0 unspecified atom stereocenters. The SMILES string of the molecule is O=c1c2c(nc3cc(-c4ccccn4)ccn13)C[C@@H]1CCCN1C2. The third-order valence-electron chi connectivity index (χ3n) is 5.26. The molecule has 0 spiro atoms. The molecule has 5 rings (SSSR count). The van der Waals surface area contributed by atoms with Crippen molar-refractivity contribution in [2.24, 2.45) is 0 Å². The van der Waals surface area contributed by atoms with Gasteiger partial charge >= 0.3 is 0 Å². The van der Waals surface area contributed by atoms with Crippen LogP contribution in [0.15, 0.2) is 47.5 Å². The van der Waals surface area contributed by atoms with E-state index in [0.717, 1.165) is 42.0 Å². The summed E-state index contributed by atoms with van der Waals surface area (Å²) in [5.74, 6) is 0. The van der Waals surface area contributed by atoms with Gasteiger partial charge in [-0.15, -0.1) is 0 Å². The summed E-state index contributed by atoms with van der Waals surface area (Å²) >= 11 is 0. The van der Waals surface area contributed by atoms with Crippen LogP contribution in [0.4, 0.5) is 0 Å². The minimum absolute atomic E-state index is 0.0768. The molecular weight excluding hydrogens is 300 g/mol. The van der Waals surface area contributed by atoms with Gasteiger partial charge in [0.15, 0.2) is 0 Å². The zero-order valence-electron chi connectivity index (χ0n) is 13.4. The normalized spacial score (nSPS) is 20.1. The van der Waals surface area contributed by atoms with E-state index in [9.17, 15) is 4.79 Å². The number of nitrogens with zero attached hydrogens (tertiary/aromatic N) is 4. The molecule has 5 nitrogen and oxygen atoms in total. The molecule has 0 N–H and O–H groups in total. The fraction of sp³-hybridized carbons (Fsp3) is 0.316. The second-order valence-electron chi connectivity index (χ2n) is 6.67. The number of fused-ring (bicyclic) bond motifs is 3. The Bertz CT molecular complexity index is 980. The molecule has 120 valence electrons. The number of rotatable bonds is 1. The molecule has 1 fully saturated rings. The van der Waals surface area contributed by atoms with E-state index >= 15 is 0 Å². The van der Waals surface area contributed by atoms with Crippen LogP contribution in [0.5, 0.6) is 0 Å². The van der Waals surface area contributed by atoms with Crippen LogP contribution in [-0.2, 0) is 13.0 Å². The molecule has 24 heavy (non-hydrogen) atoms. The Hall–Kier alpha value is -2.53. The summed E-state index contributed by atoms with van der Waals surface area (Å²) in [6, 6.07) is 10.3. The van der Waals surface area contributed by atoms with Crippen LogP contribution in [0.2, 0.25) is 0 Å². The van der Waals surface area contributed by atoms with Crippen molar-refractivity contribution in [2.75, 3.05) is 6.54 Å². The van der Waals surface area contributed by atoms with Crippen LogP contribution in [0, 0.1) is 0 Å². The molecular formula is C19H18N4O. The van der Waals surface area contributed by atoms with Gasteiger partial charge in [-0.05, 0) is 43.7 Å². The maximum Gasteiger partial charge on any atom is 0.262 e. The highest BCUT2D eigenvalue weighted by Gasteiger charge is 2.32. The average molecular weight is 318 g/mol. The largest absolute Gasteiger partial charge is 0.295 e. The first-order valence-corrected chi connectivity index (χ1v) is 8.49. The molecule has 3 aromatic heterocycles. The van der Waals surface area contributed by atoms with E-state index in [2.05, 4.69) is 9.88 Å². The van der Waals surface area contributed by atoms with Crippen LogP contribution in [0.25, 0.3) is 16.9 Å². The Morgan fingerprint density at radius 3 is 3.04 bits per heavy atom. The van der Waals surface area contributed by atoms with Crippen LogP contribution in [-0.4, -0.2) is 31.9 Å². The van der Waals surface area contributed by atoms with E-state index in [1.165, 1.54) is 12.8 Å². The van der Waals surface area contributed by atoms with E-state index < -0.39 is 0 Å². The third kappa shape index (κ3) is 2.08. The average Bonchev–Trinajstić information content (AvgIpc) is 3.08. The van der Waals surface area contributed by atoms with Crippen molar-refractivity contribution in [1.29, 1.82) is 0 Å². The highest BCUT2D eigenvalue weighted by Crippen LogP contribution is 2.28. The predicted molar refractivity (Wildman–Crippen MR) is 91.8 cm³/mol. The molecule has 0 amide bonds. The van der Waals surface area contributed by atoms with E-state index in [-0.39, 0.29) is 5.56 Å². The van der Waals surface area contributed by atoms with E-state index in [4.69, 9.17) is 4.98 Å². The Kier molecular flexibility index (Phi) is 3.03. The van der Waals surface area contributed by atoms with Crippen LogP contribution in [0.3, 0.4) is 0 Å². The lowest BCUT2D eigenvalue weighted by Gasteiger charge is -2.30. The van der Waals surface area contributed by atoms with Gasteiger partial charge < -0.3 is 0 Å². The van der Waals surface area contributed by atoms with Crippen molar-refractivity contribution in [2.45, 2.75) is 31.8 Å². The highest BCUT2D eigenvalue weighted by molar-refractivity contribution is 5.64. The van der Waals surface area contributed by atoms with Gasteiger partial charge in [0.25, 0.3) is 5.56 Å². The quantitative estimate of drug-likeness (QED) is 0.691. The van der Waals surface area contributed by atoms with Gasteiger partial charge in [0.2, 0.25) is 0 Å². The second kappa shape index (κ2) is 5.24. The van der Waals surface area contributed by atoms with Crippen molar-refractivity contribution >= 4 is 5.65 Å². The Labute approximate surface area is 139 Å². The summed E-state index contributed by atoms with van der Waals surface area (Å²) in [7, 11) is 0. The van der Waals surface area contributed by atoms with Crippen molar-refractivity contribution in [3.63, 3.8) is 0 Å². The van der Waals surface area contributed by atoms with Crippen molar-refractivity contribution < 1.29 is 0 Å². The Morgan fingerprint density at radius 1 is 1.21 bits per heavy atom. The monoisotopic (exact) mass is 318 g/mol. The molecule has 3 aromatic rings. The summed E-state index contributed by atoms with van der Waals surface area (Å²) in [5.41, 5.74) is 4.54. The zero-order chi connectivity index (χ0) is 16.1. The summed E-state index contributed by atoms with van der Waals surface area (Å²) in [6.45, 7) is 1.85. The molecule has 0 bridgehead atoms. The van der Waals surface area contributed by atoms with Gasteiger partial charge in [-0.1, -0.05) is 6.07 Å². The minimum atomic E-state index is 0.0768. The molecule has 1 atom stereocenters. The summed E-state index contributed by atoms with van der Waals surface area (Å²) in [5, 5.41) is 0. The van der Waals surface area contributed by atoms with Crippen molar-refractivity contribution in [1.82, 2.24) is 19.3 Å². The lowest BCUT2D eigenvalue weighted by molar-refractivity contribution is 0.223. The molecule has 0 radical (unpaired) electrons. The minimum Gasteiger partial charge on any atom is -0.295 e. The van der Waals surface area contributed by atoms with Gasteiger partial charge in [-0.25, -0.2) is 4.98 Å². The van der Waals surface area contributed by atoms with Gasteiger partial charge in [-0.3, -0.25) is 19.1 Å². The fourth-order valence-corrected chi connectivity index (χ4v) is 4.00. The van der Waals surface area contributed by atoms with Gasteiger partial charge in [0.1, 0.15) is 5.65 Å². The molecule has 0 aliphatic carbocycles. The van der Waals surface area contributed by atoms with E-state index in [1.807, 2.05) is 36.5 Å². The first-order valence-electron chi connectivity index (χ1n) is 8.49. The highest BCUT2D eigenvalue weighted by atomic mass is 16.1. The fourth-order valence-electron chi connectivity index (χ4n) is 4.00. The summed E-state index contributed by atoms with van der Waals surface area (Å²) in [4.78, 5) is 24.5. The Balaban J connectivity index is 1.67. The third-order valence-corrected chi connectivity index (χ3v) is 5.26. The van der Waals surface area contributed by atoms with Crippen LogP contribution in [0.1, 0.15) is 24.1 Å². The second-order valence-corrected chi connectivity index (χ2v) is 6.67. The standard InChI is InChI=1S/C19H18N4O/c24-19-15-12-22-8-3-4-14(22)11-17(15)21-18-10-13(6-9-23(18)19)16-5-1-2-7-20-16/h1-2,5-7,9-10,14H,3-4,8,11-12H2/t14-/m0/s1.